The molecule has 0 radical (unpaired) electrons. The average molecular weight is 306 g/mol. The lowest BCUT2D eigenvalue weighted by Crippen LogP contribution is -2.44. The molecule has 2 N–H and O–H groups in total. The van der Waals surface area contributed by atoms with Gasteiger partial charge in [-0.15, -0.1) is 0 Å². The van der Waals surface area contributed by atoms with E-state index in [9.17, 15) is 4.79 Å². The molecule has 0 aliphatic carbocycles. The number of piperidine rings is 1. The number of likely N-dealkylation sites (tertiary alicyclic amines) is 1. The molecule has 1 aliphatic rings. The van der Waals surface area contributed by atoms with E-state index in [0.717, 1.165) is 24.2 Å². The Kier molecular flexibility index (Phi) is 5.29. The second kappa shape index (κ2) is 7.01. The van der Waals surface area contributed by atoms with Gasteiger partial charge in [-0.3, -0.25) is 0 Å². The van der Waals surface area contributed by atoms with E-state index in [4.69, 9.17) is 15.2 Å². The zero-order valence-corrected chi connectivity index (χ0v) is 13.7. The molecule has 0 aromatic heterocycles. The highest BCUT2D eigenvalue weighted by molar-refractivity contribution is 5.68. The average Bonchev–Trinajstić information content (AvgIpc) is 2.47. The molecule has 0 atom stereocenters. The number of ether oxygens (including phenoxy) is 2. The van der Waals surface area contributed by atoms with Gasteiger partial charge in [0, 0.05) is 38.0 Å². The third-order valence-electron chi connectivity index (χ3n) is 3.58. The number of carbonyl (C=O) groups excluding carboxylic acids is 1. The summed E-state index contributed by atoms with van der Waals surface area (Å²) < 4.78 is 11.4. The summed E-state index contributed by atoms with van der Waals surface area (Å²) in [5.41, 5.74) is 6.28. The number of rotatable bonds is 3. The maximum atomic E-state index is 12.0. The Morgan fingerprint density at radius 1 is 1.27 bits per heavy atom. The van der Waals surface area contributed by atoms with Gasteiger partial charge in [-0.05, 0) is 26.8 Å². The van der Waals surface area contributed by atoms with E-state index in [1.165, 1.54) is 0 Å². The van der Waals surface area contributed by atoms with Crippen LogP contribution in [0.25, 0.3) is 0 Å². The van der Waals surface area contributed by atoms with Crippen LogP contribution in [0.15, 0.2) is 24.3 Å². The zero-order valence-electron chi connectivity index (χ0n) is 13.7. The Bertz CT molecular complexity index is 503. The van der Waals surface area contributed by atoms with Crippen LogP contribution in [0.4, 0.5) is 4.79 Å². The van der Waals surface area contributed by atoms with Gasteiger partial charge in [0.15, 0.2) is 0 Å². The van der Waals surface area contributed by atoms with Crippen molar-refractivity contribution in [2.75, 3.05) is 13.1 Å². The fraction of sp³-hybridized carbons (Fsp3) is 0.588. The number of benzene rings is 1. The minimum Gasteiger partial charge on any atom is -0.490 e. The highest BCUT2D eigenvalue weighted by Gasteiger charge is 2.27. The molecule has 0 bridgehead atoms. The molecule has 0 spiro atoms. The van der Waals surface area contributed by atoms with Crippen LogP contribution in [0.2, 0.25) is 0 Å². The molecule has 1 fully saturated rings. The van der Waals surface area contributed by atoms with Crippen molar-refractivity contribution in [2.24, 2.45) is 5.73 Å². The zero-order chi connectivity index (χ0) is 16.2. The molecule has 1 aliphatic heterocycles. The lowest BCUT2D eigenvalue weighted by atomic mass is 10.1. The van der Waals surface area contributed by atoms with Gasteiger partial charge in [0.05, 0.1) is 0 Å². The Balaban J connectivity index is 1.86. The number of carbonyl (C=O) groups is 1. The molecular formula is C17H26N2O3. The van der Waals surface area contributed by atoms with Crippen LogP contribution in [0.1, 0.15) is 39.2 Å². The van der Waals surface area contributed by atoms with Crippen molar-refractivity contribution in [3.05, 3.63) is 29.8 Å². The monoisotopic (exact) mass is 306 g/mol. The maximum absolute atomic E-state index is 12.0. The van der Waals surface area contributed by atoms with Gasteiger partial charge >= 0.3 is 6.09 Å². The van der Waals surface area contributed by atoms with Crippen LogP contribution in [0, 0.1) is 0 Å². The van der Waals surface area contributed by atoms with Gasteiger partial charge in [-0.2, -0.15) is 0 Å². The summed E-state index contributed by atoms with van der Waals surface area (Å²) in [6.45, 7) is 7.42. The molecule has 0 unspecified atom stereocenters. The summed E-state index contributed by atoms with van der Waals surface area (Å²) in [5.74, 6) is 0.848. The summed E-state index contributed by atoms with van der Waals surface area (Å²) in [7, 11) is 0. The molecule has 22 heavy (non-hydrogen) atoms. The number of para-hydroxylation sites is 1. The standard InChI is InChI=1S/C17H26N2O3/c1-17(2,3)22-16(20)19-10-8-14(9-11-19)21-15-7-5-4-6-13(15)12-18/h4-7,14H,8-12,18H2,1-3H3. The van der Waals surface area contributed by atoms with Crippen LogP contribution in [0.5, 0.6) is 5.75 Å². The first kappa shape index (κ1) is 16.6. The minimum absolute atomic E-state index is 0.117. The number of hydrogen-bond acceptors (Lipinski definition) is 4. The molecule has 1 aromatic rings. The van der Waals surface area contributed by atoms with Gasteiger partial charge in [-0.1, -0.05) is 18.2 Å². The molecule has 122 valence electrons. The first-order valence-electron chi connectivity index (χ1n) is 7.81. The summed E-state index contributed by atoms with van der Waals surface area (Å²) in [4.78, 5) is 13.8. The Labute approximate surface area is 132 Å². The number of nitrogens with zero attached hydrogens (tertiary/aromatic N) is 1. The Morgan fingerprint density at radius 3 is 2.50 bits per heavy atom. The van der Waals surface area contributed by atoms with Gasteiger partial charge in [0.2, 0.25) is 0 Å². The van der Waals surface area contributed by atoms with E-state index < -0.39 is 5.60 Å². The van der Waals surface area contributed by atoms with E-state index >= 15 is 0 Å². The highest BCUT2D eigenvalue weighted by atomic mass is 16.6. The predicted molar refractivity (Wildman–Crippen MR) is 85.8 cm³/mol. The molecule has 0 saturated carbocycles. The van der Waals surface area contributed by atoms with Crippen molar-refractivity contribution in [3.8, 4) is 5.75 Å². The lowest BCUT2D eigenvalue weighted by molar-refractivity contribution is 0.0126. The lowest BCUT2D eigenvalue weighted by Gasteiger charge is -2.33. The topological polar surface area (TPSA) is 64.8 Å². The number of hydrogen-bond donors (Lipinski definition) is 1. The number of amides is 1. The molecule has 1 saturated heterocycles. The molecule has 5 heteroatoms. The first-order chi connectivity index (χ1) is 10.4. The summed E-state index contributed by atoms with van der Waals surface area (Å²) in [5, 5.41) is 0. The van der Waals surface area contributed by atoms with Crippen LogP contribution < -0.4 is 10.5 Å². The van der Waals surface area contributed by atoms with Gasteiger partial charge in [-0.25, -0.2) is 4.79 Å². The van der Waals surface area contributed by atoms with Gasteiger partial charge in [0.1, 0.15) is 17.5 Å². The fourth-order valence-corrected chi connectivity index (χ4v) is 2.45. The normalized spacial score (nSPS) is 16.5. The van der Waals surface area contributed by atoms with Crippen molar-refractivity contribution in [1.29, 1.82) is 0 Å². The molecule has 2 rings (SSSR count). The van der Waals surface area contributed by atoms with Crippen LogP contribution in [0.3, 0.4) is 0 Å². The van der Waals surface area contributed by atoms with Gasteiger partial charge in [0.25, 0.3) is 0 Å². The van der Waals surface area contributed by atoms with E-state index in [2.05, 4.69) is 0 Å². The third kappa shape index (κ3) is 4.63. The summed E-state index contributed by atoms with van der Waals surface area (Å²) in [6, 6.07) is 7.83. The highest BCUT2D eigenvalue weighted by Crippen LogP contribution is 2.23. The quantitative estimate of drug-likeness (QED) is 0.932. The molecule has 5 nitrogen and oxygen atoms in total. The predicted octanol–water partition coefficient (Wildman–Crippen LogP) is 2.92. The van der Waals surface area contributed by atoms with Crippen molar-refractivity contribution in [3.63, 3.8) is 0 Å². The molecule has 1 aromatic carbocycles. The summed E-state index contributed by atoms with van der Waals surface area (Å²) >= 11 is 0. The van der Waals surface area contributed by atoms with Crippen LogP contribution in [-0.4, -0.2) is 35.8 Å². The fourth-order valence-electron chi connectivity index (χ4n) is 2.45. The SMILES string of the molecule is CC(C)(C)OC(=O)N1CCC(Oc2ccccc2CN)CC1. The molecule has 1 heterocycles. The van der Waals surface area contributed by atoms with Crippen molar-refractivity contribution in [1.82, 2.24) is 4.90 Å². The van der Waals surface area contributed by atoms with Crippen molar-refractivity contribution >= 4 is 6.09 Å². The smallest absolute Gasteiger partial charge is 0.410 e. The molecule has 1 amide bonds. The molecular weight excluding hydrogens is 280 g/mol. The van der Waals surface area contributed by atoms with E-state index in [1.54, 1.807) is 4.90 Å². The largest absolute Gasteiger partial charge is 0.490 e. The van der Waals surface area contributed by atoms with Gasteiger partial charge < -0.3 is 20.1 Å². The summed E-state index contributed by atoms with van der Waals surface area (Å²) in [6.07, 6.45) is 1.48. The maximum Gasteiger partial charge on any atom is 0.410 e. The second-order valence-corrected chi connectivity index (χ2v) is 6.60. The Hall–Kier alpha value is -1.75. The second-order valence-electron chi connectivity index (χ2n) is 6.60. The van der Waals surface area contributed by atoms with Crippen molar-refractivity contribution < 1.29 is 14.3 Å². The van der Waals surface area contributed by atoms with E-state index in [-0.39, 0.29) is 12.2 Å². The van der Waals surface area contributed by atoms with E-state index in [1.807, 2.05) is 45.0 Å². The minimum atomic E-state index is -0.454. The Morgan fingerprint density at radius 2 is 1.91 bits per heavy atom. The first-order valence-corrected chi connectivity index (χ1v) is 7.81. The third-order valence-corrected chi connectivity index (χ3v) is 3.58. The van der Waals surface area contributed by atoms with Crippen LogP contribution >= 0.6 is 0 Å². The van der Waals surface area contributed by atoms with Crippen molar-refractivity contribution in [2.45, 2.75) is 51.9 Å². The van der Waals surface area contributed by atoms with Crippen LogP contribution in [-0.2, 0) is 11.3 Å². The number of nitrogens with two attached hydrogens (primary N) is 1. The van der Waals surface area contributed by atoms with E-state index in [0.29, 0.717) is 19.6 Å².